The highest BCUT2D eigenvalue weighted by molar-refractivity contribution is 4.97. The molecule has 0 aliphatic heterocycles. The summed E-state index contributed by atoms with van der Waals surface area (Å²) < 4.78 is 1.52. The number of rotatable bonds is 1. The van der Waals surface area contributed by atoms with Crippen molar-refractivity contribution in [3.63, 3.8) is 0 Å². The van der Waals surface area contributed by atoms with Gasteiger partial charge in [0, 0.05) is 5.92 Å². The lowest BCUT2D eigenvalue weighted by atomic mass is 10.2. The third kappa shape index (κ3) is 0.964. The Kier molecular flexibility index (Phi) is 1.61. The molecule has 1 aromatic heterocycles. The fourth-order valence-electron chi connectivity index (χ4n) is 0.779. The molecule has 0 saturated carbocycles. The Morgan fingerprint density at radius 3 is 2.20 bits per heavy atom. The second-order valence-electron chi connectivity index (χ2n) is 2.63. The van der Waals surface area contributed by atoms with E-state index >= 15 is 0 Å². The maximum atomic E-state index is 5.60. The summed E-state index contributed by atoms with van der Waals surface area (Å²) in [5, 5.41) is 7.73. The molecule has 10 heavy (non-hydrogen) atoms. The second-order valence-corrected chi connectivity index (χ2v) is 2.63. The van der Waals surface area contributed by atoms with Gasteiger partial charge >= 0.3 is 0 Å². The monoisotopic (exact) mass is 140 g/mol. The Morgan fingerprint density at radius 1 is 1.40 bits per heavy atom. The van der Waals surface area contributed by atoms with Crippen LogP contribution in [0.25, 0.3) is 0 Å². The molecule has 0 bridgehead atoms. The Balaban J connectivity index is 3.05. The Bertz CT molecular complexity index is 226. The number of nitrogens with zero attached hydrogens (tertiary/aromatic N) is 3. The molecule has 4 nitrogen and oxygen atoms in total. The molecule has 1 rings (SSSR count). The quantitative estimate of drug-likeness (QED) is 0.575. The van der Waals surface area contributed by atoms with E-state index in [1.54, 1.807) is 0 Å². The summed E-state index contributed by atoms with van der Waals surface area (Å²) in [5.74, 6) is 7.52. The first kappa shape index (κ1) is 7.05. The molecule has 0 aromatic carbocycles. The van der Waals surface area contributed by atoms with Crippen molar-refractivity contribution in [2.75, 3.05) is 5.84 Å². The first-order valence-electron chi connectivity index (χ1n) is 3.30. The Hall–Kier alpha value is -1.06. The molecule has 0 spiro atoms. The molecule has 2 N–H and O–H groups in total. The van der Waals surface area contributed by atoms with Gasteiger partial charge in [-0.15, -0.1) is 10.2 Å². The van der Waals surface area contributed by atoms with Crippen LogP contribution in [0.2, 0.25) is 0 Å². The third-order valence-electron chi connectivity index (χ3n) is 1.41. The van der Waals surface area contributed by atoms with E-state index in [1.807, 2.05) is 20.8 Å². The fraction of sp³-hybridized carbons (Fsp3) is 0.667. The van der Waals surface area contributed by atoms with E-state index in [0.717, 1.165) is 11.6 Å². The van der Waals surface area contributed by atoms with Crippen molar-refractivity contribution >= 4 is 0 Å². The molecule has 0 radical (unpaired) electrons. The summed E-state index contributed by atoms with van der Waals surface area (Å²) in [6.07, 6.45) is 0. The largest absolute Gasteiger partial charge is 0.336 e. The van der Waals surface area contributed by atoms with Crippen molar-refractivity contribution in [3.8, 4) is 0 Å². The SMILES string of the molecule is Cc1nnc(C(C)C)n1N. The van der Waals surface area contributed by atoms with E-state index in [9.17, 15) is 0 Å². The van der Waals surface area contributed by atoms with Crippen LogP contribution in [0.1, 0.15) is 31.4 Å². The maximum absolute atomic E-state index is 5.60. The highest BCUT2D eigenvalue weighted by atomic mass is 15.4. The van der Waals surface area contributed by atoms with Crippen molar-refractivity contribution in [1.29, 1.82) is 0 Å². The molecular weight excluding hydrogens is 128 g/mol. The van der Waals surface area contributed by atoms with Gasteiger partial charge in [0.15, 0.2) is 5.82 Å². The van der Waals surface area contributed by atoms with E-state index in [4.69, 9.17) is 5.84 Å². The fourth-order valence-corrected chi connectivity index (χ4v) is 0.779. The van der Waals surface area contributed by atoms with E-state index in [0.29, 0.717) is 5.92 Å². The highest BCUT2D eigenvalue weighted by Gasteiger charge is 2.08. The van der Waals surface area contributed by atoms with Gasteiger partial charge in [0.2, 0.25) is 0 Å². The smallest absolute Gasteiger partial charge is 0.154 e. The third-order valence-corrected chi connectivity index (χ3v) is 1.41. The molecule has 56 valence electrons. The summed E-state index contributed by atoms with van der Waals surface area (Å²) in [6.45, 7) is 5.90. The van der Waals surface area contributed by atoms with E-state index < -0.39 is 0 Å². The highest BCUT2D eigenvalue weighted by Crippen LogP contribution is 2.08. The van der Waals surface area contributed by atoms with Gasteiger partial charge in [0.25, 0.3) is 0 Å². The minimum Gasteiger partial charge on any atom is -0.336 e. The topological polar surface area (TPSA) is 56.7 Å². The van der Waals surface area contributed by atoms with Crippen LogP contribution in [0.3, 0.4) is 0 Å². The summed E-state index contributed by atoms with van der Waals surface area (Å²) in [6, 6.07) is 0. The lowest BCUT2D eigenvalue weighted by Gasteiger charge is -2.02. The van der Waals surface area contributed by atoms with E-state index in [-0.39, 0.29) is 0 Å². The normalized spacial score (nSPS) is 10.8. The van der Waals surface area contributed by atoms with Crippen LogP contribution in [0.15, 0.2) is 0 Å². The lowest BCUT2D eigenvalue weighted by Crippen LogP contribution is -2.15. The molecule has 4 heteroatoms. The molecule has 0 fully saturated rings. The van der Waals surface area contributed by atoms with Gasteiger partial charge < -0.3 is 5.84 Å². The molecule has 0 aliphatic rings. The molecule has 0 saturated heterocycles. The zero-order valence-electron chi connectivity index (χ0n) is 6.50. The summed E-state index contributed by atoms with van der Waals surface area (Å²) in [5.41, 5.74) is 0. The van der Waals surface area contributed by atoms with Crippen LogP contribution in [0.5, 0.6) is 0 Å². The van der Waals surface area contributed by atoms with E-state index in [2.05, 4.69) is 10.2 Å². The molecular formula is C6H12N4. The first-order chi connectivity index (χ1) is 4.63. The minimum absolute atomic E-state index is 0.339. The maximum Gasteiger partial charge on any atom is 0.154 e. The standard InChI is InChI=1S/C6H12N4/c1-4(2)6-9-8-5(3)10(6)7/h4H,7H2,1-3H3. The van der Waals surface area contributed by atoms with Gasteiger partial charge in [-0.2, -0.15) is 0 Å². The Labute approximate surface area is 60.0 Å². The molecule has 0 aliphatic carbocycles. The second kappa shape index (κ2) is 2.28. The van der Waals surface area contributed by atoms with Crippen LogP contribution >= 0.6 is 0 Å². The molecule has 0 unspecified atom stereocenters. The average Bonchev–Trinajstić information content (AvgIpc) is 2.14. The van der Waals surface area contributed by atoms with Crippen LogP contribution in [-0.2, 0) is 0 Å². The van der Waals surface area contributed by atoms with Crippen molar-refractivity contribution in [1.82, 2.24) is 14.9 Å². The Morgan fingerprint density at radius 2 is 2.00 bits per heavy atom. The van der Waals surface area contributed by atoms with Gasteiger partial charge in [0.05, 0.1) is 0 Å². The molecule has 0 amide bonds. The minimum atomic E-state index is 0.339. The summed E-state index contributed by atoms with van der Waals surface area (Å²) in [7, 11) is 0. The molecule has 1 aromatic rings. The summed E-state index contributed by atoms with van der Waals surface area (Å²) >= 11 is 0. The van der Waals surface area contributed by atoms with Crippen molar-refractivity contribution < 1.29 is 0 Å². The van der Waals surface area contributed by atoms with Crippen LogP contribution < -0.4 is 5.84 Å². The number of nitrogen functional groups attached to an aromatic ring is 1. The van der Waals surface area contributed by atoms with E-state index in [1.165, 1.54) is 4.68 Å². The number of nitrogens with two attached hydrogens (primary N) is 1. The average molecular weight is 140 g/mol. The number of aryl methyl sites for hydroxylation is 1. The van der Waals surface area contributed by atoms with Crippen molar-refractivity contribution in [3.05, 3.63) is 11.6 Å². The van der Waals surface area contributed by atoms with Crippen molar-refractivity contribution in [2.24, 2.45) is 0 Å². The number of hydrogen-bond acceptors (Lipinski definition) is 3. The van der Waals surface area contributed by atoms with Gasteiger partial charge in [-0.3, -0.25) is 0 Å². The molecule has 0 atom stereocenters. The van der Waals surface area contributed by atoms with Crippen LogP contribution in [-0.4, -0.2) is 14.9 Å². The van der Waals surface area contributed by atoms with Gasteiger partial charge in [0.1, 0.15) is 5.82 Å². The van der Waals surface area contributed by atoms with Gasteiger partial charge in [-0.05, 0) is 6.92 Å². The van der Waals surface area contributed by atoms with Crippen molar-refractivity contribution in [2.45, 2.75) is 26.7 Å². The number of hydrogen-bond donors (Lipinski definition) is 1. The molecule has 1 heterocycles. The van der Waals surface area contributed by atoms with Crippen LogP contribution in [0.4, 0.5) is 0 Å². The van der Waals surface area contributed by atoms with Crippen LogP contribution in [0, 0.1) is 6.92 Å². The predicted octanol–water partition coefficient (Wildman–Crippen LogP) is 0.424. The number of aromatic nitrogens is 3. The first-order valence-corrected chi connectivity index (χ1v) is 3.30. The zero-order chi connectivity index (χ0) is 7.72. The lowest BCUT2D eigenvalue weighted by molar-refractivity contribution is 0.726. The summed E-state index contributed by atoms with van der Waals surface area (Å²) in [4.78, 5) is 0. The zero-order valence-corrected chi connectivity index (χ0v) is 6.50. The van der Waals surface area contributed by atoms with Gasteiger partial charge in [-0.1, -0.05) is 13.8 Å². The van der Waals surface area contributed by atoms with Gasteiger partial charge in [-0.25, -0.2) is 4.68 Å². The predicted molar refractivity (Wildman–Crippen MR) is 39.0 cm³/mol.